The molecule has 0 radical (unpaired) electrons. The predicted octanol–water partition coefficient (Wildman–Crippen LogP) is 0.985. The summed E-state index contributed by atoms with van der Waals surface area (Å²) in [5, 5.41) is 2.87. The van der Waals surface area contributed by atoms with Crippen molar-refractivity contribution in [1.29, 1.82) is 0 Å². The quantitative estimate of drug-likeness (QED) is 0.839. The Labute approximate surface area is 121 Å². The van der Waals surface area contributed by atoms with E-state index < -0.39 is 0 Å². The smallest absolute Gasteiger partial charge is 0.246 e. The summed E-state index contributed by atoms with van der Waals surface area (Å²) in [7, 11) is 2.12. The SMILES string of the molecule is CCCC1NC(=O)C(C)N(C2CCN(C)C(C)C2)C1=O. The Hall–Kier alpha value is -1.10. The van der Waals surface area contributed by atoms with Crippen molar-refractivity contribution in [2.75, 3.05) is 13.6 Å². The van der Waals surface area contributed by atoms with E-state index in [2.05, 4.69) is 24.2 Å². The summed E-state index contributed by atoms with van der Waals surface area (Å²) >= 11 is 0. The van der Waals surface area contributed by atoms with Crippen LogP contribution in [0.4, 0.5) is 0 Å². The Balaban J connectivity index is 2.14. The molecule has 2 aliphatic heterocycles. The average molecular weight is 281 g/mol. The second-order valence-electron chi connectivity index (χ2n) is 6.28. The first-order valence-electron chi connectivity index (χ1n) is 7.78. The van der Waals surface area contributed by atoms with Crippen molar-refractivity contribution >= 4 is 11.8 Å². The van der Waals surface area contributed by atoms with Crippen molar-refractivity contribution < 1.29 is 9.59 Å². The Morgan fingerprint density at radius 1 is 1.30 bits per heavy atom. The van der Waals surface area contributed by atoms with Crippen LogP contribution in [0.25, 0.3) is 0 Å². The van der Waals surface area contributed by atoms with Gasteiger partial charge in [-0.15, -0.1) is 0 Å². The molecule has 114 valence electrons. The zero-order valence-corrected chi connectivity index (χ0v) is 13.1. The van der Waals surface area contributed by atoms with Crippen LogP contribution in [0.15, 0.2) is 0 Å². The third kappa shape index (κ3) is 2.82. The molecule has 0 aliphatic carbocycles. The number of nitrogens with zero attached hydrogens (tertiary/aromatic N) is 2. The van der Waals surface area contributed by atoms with Crippen LogP contribution in [0, 0.1) is 0 Å². The second kappa shape index (κ2) is 6.12. The van der Waals surface area contributed by atoms with E-state index in [1.54, 1.807) is 0 Å². The maximum absolute atomic E-state index is 12.7. The van der Waals surface area contributed by atoms with E-state index in [4.69, 9.17) is 0 Å². The zero-order chi connectivity index (χ0) is 14.9. The van der Waals surface area contributed by atoms with Crippen LogP contribution in [0.2, 0.25) is 0 Å². The van der Waals surface area contributed by atoms with Gasteiger partial charge in [0.1, 0.15) is 12.1 Å². The summed E-state index contributed by atoms with van der Waals surface area (Å²) < 4.78 is 0. The number of rotatable bonds is 3. The molecule has 0 bridgehead atoms. The fourth-order valence-electron chi connectivity index (χ4n) is 3.35. The van der Waals surface area contributed by atoms with E-state index in [0.717, 1.165) is 32.2 Å². The van der Waals surface area contributed by atoms with Gasteiger partial charge in [-0.05, 0) is 40.2 Å². The number of piperazine rings is 1. The lowest BCUT2D eigenvalue weighted by molar-refractivity contribution is -0.153. The molecule has 0 aromatic rings. The molecular formula is C15H27N3O2. The average Bonchev–Trinajstić information content (AvgIpc) is 2.40. The van der Waals surface area contributed by atoms with Crippen LogP contribution in [-0.2, 0) is 9.59 Å². The highest BCUT2D eigenvalue weighted by Crippen LogP contribution is 2.25. The molecule has 0 aromatic heterocycles. The van der Waals surface area contributed by atoms with Crippen molar-refractivity contribution in [3.63, 3.8) is 0 Å². The minimum absolute atomic E-state index is 0.00497. The molecule has 2 rings (SSSR count). The van der Waals surface area contributed by atoms with E-state index in [1.165, 1.54) is 0 Å². The fourth-order valence-corrected chi connectivity index (χ4v) is 3.35. The Morgan fingerprint density at radius 3 is 2.60 bits per heavy atom. The molecule has 2 heterocycles. The molecule has 4 unspecified atom stereocenters. The third-order valence-electron chi connectivity index (χ3n) is 4.82. The molecule has 5 nitrogen and oxygen atoms in total. The topological polar surface area (TPSA) is 52.7 Å². The Bertz CT molecular complexity index is 385. The summed E-state index contributed by atoms with van der Waals surface area (Å²) in [5.41, 5.74) is 0. The van der Waals surface area contributed by atoms with Crippen LogP contribution in [-0.4, -0.2) is 59.4 Å². The standard InChI is InChI=1S/C15H27N3O2/c1-5-6-13-15(20)18(11(3)14(19)16-13)12-7-8-17(4)10(2)9-12/h10-13H,5-9H2,1-4H3,(H,16,19). The van der Waals surface area contributed by atoms with Crippen LogP contribution >= 0.6 is 0 Å². The maximum atomic E-state index is 12.7. The van der Waals surface area contributed by atoms with Gasteiger partial charge in [0.15, 0.2) is 0 Å². The van der Waals surface area contributed by atoms with Gasteiger partial charge in [-0.2, -0.15) is 0 Å². The van der Waals surface area contributed by atoms with Crippen LogP contribution < -0.4 is 5.32 Å². The van der Waals surface area contributed by atoms with Gasteiger partial charge in [0, 0.05) is 18.6 Å². The van der Waals surface area contributed by atoms with Gasteiger partial charge in [0.2, 0.25) is 11.8 Å². The van der Waals surface area contributed by atoms with Gasteiger partial charge in [-0.3, -0.25) is 9.59 Å². The predicted molar refractivity (Wildman–Crippen MR) is 78.3 cm³/mol. The Kier molecular flexibility index (Phi) is 4.68. The first-order valence-corrected chi connectivity index (χ1v) is 7.78. The maximum Gasteiger partial charge on any atom is 0.246 e. The summed E-state index contributed by atoms with van der Waals surface area (Å²) in [6.07, 6.45) is 3.56. The van der Waals surface area contributed by atoms with Crippen LogP contribution in [0.5, 0.6) is 0 Å². The number of piperidine rings is 1. The van der Waals surface area contributed by atoms with Crippen molar-refractivity contribution in [3.8, 4) is 0 Å². The zero-order valence-electron chi connectivity index (χ0n) is 13.1. The lowest BCUT2D eigenvalue weighted by atomic mass is 9.93. The highest BCUT2D eigenvalue weighted by atomic mass is 16.2. The lowest BCUT2D eigenvalue weighted by Gasteiger charge is -2.46. The van der Waals surface area contributed by atoms with E-state index in [0.29, 0.717) is 6.04 Å². The van der Waals surface area contributed by atoms with E-state index in [1.807, 2.05) is 18.7 Å². The molecule has 0 spiro atoms. The van der Waals surface area contributed by atoms with Gasteiger partial charge in [-0.25, -0.2) is 0 Å². The van der Waals surface area contributed by atoms with Gasteiger partial charge in [0.25, 0.3) is 0 Å². The number of amides is 2. The molecule has 2 aliphatic rings. The van der Waals surface area contributed by atoms with E-state index in [9.17, 15) is 9.59 Å². The highest BCUT2D eigenvalue weighted by molar-refractivity contribution is 5.96. The molecule has 2 amide bonds. The fraction of sp³-hybridized carbons (Fsp3) is 0.867. The van der Waals surface area contributed by atoms with Crippen LogP contribution in [0.1, 0.15) is 46.5 Å². The van der Waals surface area contributed by atoms with Crippen molar-refractivity contribution in [2.24, 2.45) is 0 Å². The van der Waals surface area contributed by atoms with Gasteiger partial charge >= 0.3 is 0 Å². The molecule has 2 fully saturated rings. The van der Waals surface area contributed by atoms with Gasteiger partial charge in [-0.1, -0.05) is 13.3 Å². The van der Waals surface area contributed by atoms with Gasteiger partial charge < -0.3 is 15.1 Å². The number of hydrogen-bond donors (Lipinski definition) is 1. The molecule has 20 heavy (non-hydrogen) atoms. The molecule has 0 aromatic carbocycles. The number of nitrogens with one attached hydrogen (secondary N) is 1. The molecule has 4 atom stereocenters. The number of hydrogen-bond acceptors (Lipinski definition) is 3. The number of likely N-dealkylation sites (tertiary alicyclic amines) is 1. The minimum Gasteiger partial charge on any atom is -0.343 e. The first-order chi connectivity index (χ1) is 9.45. The molecule has 0 saturated carbocycles. The van der Waals surface area contributed by atoms with Crippen molar-refractivity contribution in [1.82, 2.24) is 15.1 Å². The summed E-state index contributed by atoms with van der Waals surface area (Å²) in [6, 6.07) is 0.00680. The largest absolute Gasteiger partial charge is 0.343 e. The Morgan fingerprint density at radius 2 is 2.00 bits per heavy atom. The molecule has 5 heteroatoms. The summed E-state index contributed by atoms with van der Waals surface area (Å²) in [5.74, 6) is 0.107. The minimum atomic E-state index is -0.337. The summed E-state index contributed by atoms with van der Waals surface area (Å²) in [6.45, 7) is 7.06. The molecule has 2 saturated heterocycles. The van der Waals surface area contributed by atoms with Gasteiger partial charge in [0.05, 0.1) is 0 Å². The number of carbonyl (C=O) groups excluding carboxylic acids is 2. The molecular weight excluding hydrogens is 254 g/mol. The number of carbonyl (C=O) groups is 2. The van der Waals surface area contributed by atoms with E-state index in [-0.39, 0.29) is 29.9 Å². The third-order valence-corrected chi connectivity index (χ3v) is 4.82. The second-order valence-corrected chi connectivity index (χ2v) is 6.28. The van der Waals surface area contributed by atoms with E-state index >= 15 is 0 Å². The molecule has 1 N–H and O–H groups in total. The first kappa shape index (κ1) is 15.3. The van der Waals surface area contributed by atoms with Crippen molar-refractivity contribution in [2.45, 2.75) is 70.6 Å². The monoisotopic (exact) mass is 281 g/mol. The van der Waals surface area contributed by atoms with Crippen LogP contribution in [0.3, 0.4) is 0 Å². The normalized spacial score (nSPS) is 36.1. The lowest BCUT2D eigenvalue weighted by Crippen LogP contribution is -2.66. The highest BCUT2D eigenvalue weighted by Gasteiger charge is 2.42. The summed E-state index contributed by atoms with van der Waals surface area (Å²) in [4.78, 5) is 28.9. The van der Waals surface area contributed by atoms with Crippen molar-refractivity contribution in [3.05, 3.63) is 0 Å².